The van der Waals surface area contributed by atoms with Crippen molar-refractivity contribution in [2.24, 2.45) is 0 Å². The van der Waals surface area contributed by atoms with Crippen LogP contribution in [0.25, 0.3) is 6.08 Å². The molecule has 1 saturated heterocycles. The van der Waals surface area contributed by atoms with Crippen molar-refractivity contribution < 1.29 is 14.3 Å². The Morgan fingerprint density at radius 3 is 2.81 bits per heavy atom. The van der Waals surface area contributed by atoms with Crippen molar-refractivity contribution in [2.75, 3.05) is 13.2 Å². The van der Waals surface area contributed by atoms with E-state index in [1.165, 1.54) is 11.3 Å². The molecule has 2 amide bonds. The zero-order valence-electron chi connectivity index (χ0n) is 14.7. The molecule has 0 spiro atoms. The van der Waals surface area contributed by atoms with Crippen LogP contribution >= 0.6 is 11.3 Å². The van der Waals surface area contributed by atoms with Gasteiger partial charge in [0.2, 0.25) is 0 Å². The molecule has 136 valence electrons. The number of amides is 2. The van der Waals surface area contributed by atoms with Crippen molar-refractivity contribution in [3.63, 3.8) is 0 Å². The van der Waals surface area contributed by atoms with Gasteiger partial charge in [-0.05, 0) is 48.9 Å². The summed E-state index contributed by atoms with van der Waals surface area (Å²) in [6, 6.07) is 11.1. The van der Waals surface area contributed by atoms with E-state index in [2.05, 4.69) is 10.6 Å². The van der Waals surface area contributed by atoms with E-state index in [0.29, 0.717) is 12.1 Å². The van der Waals surface area contributed by atoms with Crippen LogP contribution in [0.5, 0.6) is 0 Å². The van der Waals surface area contributed by atoms with E-state index in [1.807, 2.05) is 42.6 Å². The molecule has 1 atom stereocenters. The van der Waals surface area contributed by atoms with E-state index in [1.54, 1.807) is 12.1 Å². The molecule has 26 heavy (non-hydrogen) atoms. The second kappa shape index (κ2) is 8.78. The second-order valence-electron chi connectivity index (χ2n) is 6.19. The topological polar surface area (TPSA) is 67.4 Å². The number of carbonyl (C=O) groups excluding carboxylic acids is 2. The third-order valence-electron chi connectivity index (χ3n) is 4.23. The van der Waals surface area contributed by atoms with E-state index in [9.17, 15) is 9.59 Å². The summed E-state index contributed by atoms with van der Waals surface area (Å²) in [5.74, 6) is -0.603. The Hall–Kier alpha value is -2.44. The lowest BCUT2D eigenvalue weighted by Gasteiger charge is -2.14. The minimum Gasteiger partial charge on any atom is -0.376 e. The number of benzene rings is 1. The average molecular weight is 370 g/mol. The SMILES string of the molecule is Cc1ccccc1C(=O)N/C(=C\c1cccs1)C(=O)NC[C@H]1CCCO1. The van der Waals surface area contributed by atoms with E-state index >= 15 is 0 Å². The largest absolute Gasteiger partial charge is 0.376 e. The first kappa shape index (κ1) is 18.4. The molecule has 1 aromatic heterocycles. The van der Waals surface area contributed by atoms with Gasteiger partial charge in [0, 0.05) is 23.6 Å². The number of hydrogen-bond donors (Lipinski definition) is 2. The molecule has 2 aromatic rings. The van der Waals surface area contributed by atoms with Crippen molar-refractivity contribution in [2.45, 2.75) is 25.9 Å². The molecule has 2 heterocycles. The van der Waals surface area contributed by atoms with Gasteiger partial charge in [0.25, 0.3) is 11.8 Å². The number of thiophene rings is 1. The zero-order chi connectivity index (χ0) is 18.4. The van der Waals surface area contributed by atoms with Crippen LogP contribution in [0.4, 0.5) is 0 Å². The first-order chi connectivity index (χ1) is 12.6. The molecule has 0 saturated carbocycles. The van der Waals surface area contributed by atoms with Gasteiger partial charge in [-0.25, -0.2) is 0 Å². The van der Waals surface area contributed by atoms with Crippen LogP contribution in [0.1, 0.15) is 33.6 Å². The number of rotatable bonds is 6. The highest BCUT2D eigenvalue weighted by Gasteiger charge is 2.19. The number of carbonyl (C=O) groups is 2. The molecule has 3 rings (SSSR count). The molecular weight excluding hydrogens is 348 g/mol. The highest BCUT2D eigenvalue weighted by molar-refractivity contribution is 7.10. The standard InChI is InChI=1S/C20H22N2O3S/c1-14-6-2-3-9-17(14)19(23)22-18(12-16-8-5-11-26-16)20(24)21-13-15-7-4-10-25-15/h2-3,5-6,8-9,11-12,15H,4,7,10,13H2,1H3,(H,21,24)(H,22,23)/b18-12-/t15-/m1/s1. The van der Waals surface area contributed by atoms with Crippen molar-refractivity contribution in [1.82, 2.24) is 10.6 Å². The Morgan fingerprint density at radius 2 is 2.12 bits per heavy atom. The van der Waals surface area contributed by atoms with Gasteiger partial charge in [-0.15, -0.1) is 11.3 Å². The summed E-state index contributed by atoms with van der Waals surface area (Å²) >= 11 is 1.51. The minimum atomic E-state index is -0.309. The molecule has 6 heteroatoms. The molecule has 1 aliphatic heterocycles. The molecule has 2 N–H and O–H groups in total. The Kier molecular flexibility index (Phi) is 6.20. The fourth-order valence-electron chi connectivity index (χ4n) is 2.80. The second-order valence-corrected chi connectivity index (χ2v) is 7.17. The summed E-state index contributed by atoms with van der Waals surface area (Å²) in [7, 11) is 0. The minimum absolute atomic E-state index is 0.0500. The number of nitrogens with one attached hydrogen (secondary N) is 2. The lowest BCUT2D eigenvalue weighted by Crippen LogP contribution is -2.38. The zero-order valence-corrected chi connectivity index (χ0v) is 15.5. The summed E-state index contributed by atoms with van der Waals surface area (Å²) in [4.78, 5) is 26.1. The van der Waals surface area contributed by atoms with Gasteiger partial charge < -0.3 is 15.4 Å². The van der Waals surface area contributed by atoms with Crippen molar-refractivity contribution in [1.29, 1.82) is 0 Å². The van der Waals surface area contributed by atoms with E-state index in [4.69, 9.17) is 4.74 Å². The van der Waals surface area contributed by atoms with Crippen LogP contribution in [-0.4, -0.2) is 31.1 Å². The maximum atomic E-state index is 12.6. The quantitative estimate of drug-likeness (QED) is 0.768. The van der Waals surface area contributed by atoms with Gasteiger partial charge in [0.05, 0.1) is 6.10 Å². The first-order valence-electron chi connectivity index (χ1n) is 8.65. The van der Waals surface area contributed by atoms with Crippen LogP contribution in [-0.2, 0) is 9.53 Å². The molecule has 5 nitrogen and oxygen atoms in total. The van der Waals surface area contributed by atoms with Crippen molar-refractivity contribution in [3.8, 4) is 0 Å². The number of aryl methyl sites for hydroxylation is 1. The maximum absolute atomic E-state index is 12.6. The molecule has 1 aromatic carbocycles. The normalized spacial score (nSPS) is 17.1. The van der Waals surface area contributed by atoms with Gasteiger partial charge in [0.1, 0.15) is 5.70 Å². The molecule has 0 aliphatic carbocycles. The Bertz CT molecular complexity index is 793. The molecular formula is C20H22N2O3S. The lowest BCUT2D eigenvalue weighted by molar-refractivity contribution is -0.118. The number of hydrogen-bond acceptors (Lipinski definition) is 4. The van der Waals surface area contributed by atoms with Crippen molar-refractivity contribution in [3.05, 3.63) is 63.5 Å². The fraction of sp³-hybridized carbons (Fsp3) is 0.300. The van der Waals surface area contributed by atoms with Crippen LogP contribution in [0.3, 0.4) is 0 Å². The monoisotopic (exact) mass is 370 g/mol. The third-order valence-corrected chi connectivity index (χ3v) is 5.05. The highest BCUT2D eigenvalue weighted by atomic mass is 32.1. The number of ether oxygens (including phenoxy) is 1. The van der Waals surface area contributed by atoms with Crippen LogP contribution in [0, 0.1) is 6.92 Å². The third kappa shape index (κ3) is 4.80. The summed E-state index contributed by atoms with van der Waals surface area (Å²) in [6.07, 6.45) is 3.71. The van der Waals surface area contributed by atoms with Crippen LogP contribution in [0.2, 0.25) is 0 Å². The maximum Gasteiger partial charge on any atom is 0.267 e. The van der Waals surface area contributed by atoms with Gasteiger partial charge in [-0.1, -0.05) is 24.3 Å². The molecule has 0 unspecified atom stereocenters. The summed E-state index contributed by atoms with van der Waals surface area (Å²) in [6.45, 7) is 3.05. The molecule has 1 fully saturated rings. The predicted octanol–water partition coefficient (Wildman–Crippen LogP) is 3.12. The lowest BCUT2D eigenvalue weighted by atomic mass is 10.1. The summed E-state index contributed by atoms with van der Waals surface area (Å²) < 4.78 is 5.54. The Balaban J connectivity index is 1.74. The van der Waals surface area contributed by atoms with Gasteiger partial charge in [-0.2, -0.15) is 0 Å². The van der Waals surface area contributed by atoms with Crippen molar-refractivity contribution >= 4 is 29.2 Å². The predicted molar refractivity (Wildman–Crippen MR) is 103 cm³/mol. The summed E-state index contributed by atoms with van der Waals surface area (Å²) in [5.41, 5.74) is 1.65. The summed E-state index contributed by atoms with van der Waals surface area (Å²) in [5, 5.41) is 7.56. The van der Waals surface area contributed by atoms with Gasteiger partial charge in [0.15, 0.2) is 0 Å². The van der Waals surface area contributed by atoms with Gasteiger partial charge in [-0.3, -0.25) is 9.59 Å². The molecule has 0 radical (unpaired) electrons. The van der Waals surface area contributed by atoms with Gasteiger partial charge >= 0.3 is 0 Å². The molecule has 0 bridgehead atoms. The fourth-order valence-corrected chi connectivity index (χ4v) is 3.46. The highest BCUT2D eigenvalue weighted by Crippen LogP contribution is 2.15. The van der Waals surface area contributed by atoms with Crippen LogP contribution < -0.4 is 10.6 Å². The Labute approximate surface area is 157 Å². The molecule has 1 aliphatic rings. The van der Waals surface area contributed by atoms with E-state index in [-0.39, 0.29) is 23.6 Å². The van der Waals surface area contributed by atoms with Crippen LogP contribution in [0.15, 0.2) is 47.5 Å². The van der Waals surface area contributed by atoms with E-state index < -0.39 is 0 Å². The first-order valence-corrected chi connectivity index (χ1v) is 9.53. The van der Waals surface area contributed by atoms with E-state index in [0.717, 1.165) is 29.9 Å². The average Bonchev–Trinajstić information content (AvgIpc) is 3.33. The Morgan fingerprint density at radius 1 is 1.27 bits per heavy atom. The smallest absolute Gasteiger partial charge is 0.267 e.